The Hall–Kier alpha value is -16.2. The Balaban J connectivity index is 0.000000143. The summed E-state index contributed by atoms with van der Waals surface area (Å²) in [6.45, 7) is 46.0. The molecule has 0 amide bonds. The first-order valence-electron chi connectivity index (χ1n) is 43.3. The highest BCUT2D eigenvalue weighted by Gasteiger charge is 2.23. The monoisotopic (exact) mass is 1830 g/mol. The zero-order chi connectivity index (χ0) is 97.7. The van der Waals surface area contributed by atoms with Crippen molar-refractivity contribution in [2.75, 3.05) is 34.4 Å². The van der Waals surface area contributed by atoms with E-state index < -0.39 is 0 Å². The number of nitrogens with one attached hydrogen (secondary N) is 3. The molecule has 0 aromatic carbocycles. The second kappa shape index (κ2) is 42.6. The minimum absolute atomic E-state index is 0.0596. The maximum atomic E-state index is 13.5. The number of aryl methyl sites for hydroxylation is 3. The third-order valence-corrected chi connectivity index (χ3v) is 20.3. The van der Waals surface area contributed by atoms with Gasteiger partial charge in [-0.05, 0) is 182 Å². The lowest BCUT2D eigenvalue weighted by atomic mass is 10.2. The molecule has 0 spiro atoms. The number of nitrogens with two attached hydrogens (primary N) is 6. The lowest BCUT2D eigenvalue weighted by Crippen LogP contribution is -2.11. The van der Waals surface area contributed by atoms with Crippen LogP contribution in [0.3, 0.4) is 0 Å². The van der Waals surface area contributed by atoms with Crippen molar-refractivity contribution >= 4 is 147 Å². The van der Waals surface area contributed by atoms with Crippen LogP contribution in [0.25, 0.3) is 94.7 Å². The number of Topliss-reactive ketones (excluding diaryl/α,β-unsaturated/α-hetero) is 1. The third kappa shape index (κ3) is 22.1. The van der Waals surface area contributed by atoms with Gasteiger partial charge in [0, 0.05) is 85.6 Å². The number of carbonyl (C=O) groups is 1. The molecule has 0 unspecified atom stereocenters. The highest BCUT2D eigenvalue weighted by atomic mass is 19.1. The molecule has 20 rings (SSSR count). The standard InChI is InChI=1S/C10H12FN3.2C9H12N4O.3C9H12N4.C9H11N3O.C8H11N5O.C8H11N5.C7H10N6/c1-6(2)14-5-7(11)9-8(12)3-4-13-10(9)14;2*1-5(2)13-4-10-7-8(13)11-6(3)12-9(7)14;1-6(2)13-5-12-8-7(10)3-4-11-9(8)13;1-6(2)13-4-3-7-8(10)11-5-12-9(7)13;1-6(2)8-5-11-9-7(10)3-4-12-13(8)9;1-6(2)12-5-11-8-7(13)3-4-10-9(8)12;1-4(2)13-7-6(11-12-13)8(14)10-5(3)9-7;1-5(2)13-8-7(11-12-13)6(9)3-4-10-8;1-4(2)13-7-5(11-12-13)6(8)9-3-10-7/h3-6H,1-2H3,(H2,12,13);2*4-5H,1-3H3,(H,11,12,14);3-6H,1-2H3,(H2,10,11);3-6H,1-2H3,(H2,10,11,12);3-6H,10H2,1-2H3;4-6H,3H2,1-2H3;4H,1-3H3,(H,9,10,14);3-5H,1-2H3,(H2,9,10);3-4H,1-2H3,(H2,8,9,10). The molecule has 1 aliphatic heterocycles. The number of ketones is 1. The molecule has 0 bridgehead atoms. The third-order valence-electron chi connectivity index (χ3n) is 20.3. The molecule has 704 valence electrons. The van der Waals surface area contributed by atoms with Gasteiger partial charge in [0.05, 0.1) is 89.4 Å². The molecular weight excluding hydrogens is 1720 g/mol. The summed E-state index contributed by atoms with van der Waals surface area (Å²) in [7, 11) is 0. The van der Waals surface area contributed by atoms with E-state index in [4.69, 9.17) is 34.4 Å². The summed E-state index contributed by atoms with van der Waals surface area (Å²) in [6, 6.07) is 11.2. The summed E-state index contributed by atoms with van der Waals surface area (Å²) in [4.78, 5) is 120. The van der Waals surface area contributed by atoms with E-state index >= 15 is 0 Å². The Kier molecular flexibility index (Phi) is 31.3. The molecule has 46 nitrogen and oxygen atoms in total. The number of aromatic nitrogens is 35. The number of nitrogens with zero attached hydrogens (tertiary/aromatic N) is 33. The van der Waals surface area contributed by atoms with Gasteiger partial charge in [0.2, 0.25) is 0 Å². The minimum Gasteiger partial charge on any atom is -0.398 e. The fourth-order valence-corrected chi connectivity index (χ4v) is 13.4. The van der Waals surface area contributed by atoms with E-state index in [0.717, 1.165) is 39.2 Å². The minimum atomic E-state index is -0.306. The molecule has 0 aliphatic carbocycles. The van der Waals surface area contributed by atoms with E-state index in [1.165, 1.54) is 18.9 Å². The van der Waals surface area contributed by atoms with Crippen molar-refractivity contribution in [2.45, 2.75) is 226 Å². The zero-order valence-electron chi connectivity index (χ0n) is 79.2. The highest BCUT2D eigenvalue weighted by Crippen LogP contribution is 2.30. The number of hydrogen-bond donors (Lipinski definition) is 9. The first kappa shape index (κ1) is 98.4. The Bertz CT molecular complexity index is 6780. The van der Waals surface area contributed by atoms with Crippen LogP contribution in [0.4, 0.5) is 44.6 Å². The second-order valence-corrected chi connectivity index (χ2v) is 33.8. The summed E-state index contributed by atoms with van der Waals surface area (Å²) in [6.07, 6.45) is 23.6. The van der Waals surface area contributed by atoms with Gasteiger partial charge in [0.25, 0.3) is 16.7 Å². The average Bonchev–Trinajstić information content (AvgIpc) is 1.62. The highest BCUT2D eigenvalue weighted by molar-refractivity contribution is 6.08. The van der Waals surface area contributed by atoms with Gasteiger partial charge in [0.1, 0.15) is 52.8 Å². The number of aromatic amines is 3. The van der Waals surface area contributed by atoms with Crippen LogP contribution in [0.1, 0.15) is 239 Å². The Labute approximate surface area is 766 Å². The van der Waals surface area contributed by atoms with Crippen LogP contribution in [-0.2, 0) is 0 Å². The molecular formula is C87H115FN42O4. The van der Waals surface area contributed by atoms with Crippen LogP contribution in [0.15, 0.2) is 131 Å². The van der Waals surface area contributed by atoms with Crippen molar-refractivity contribution in [3.8, 4) is 0 Å². The average molecular weight is 1830 g/mol. The number of nitrogen functional groups attached to an aromatic ring is 6. The van der Waals surface area contributed by atoms with Gasteiger partial charge in [0.15, 0.2) is 96.0 Å². The molecule has 0 saturated heterocycles. The van der Waals surface area contributed by atoms with Gasteiger partial charge in [-0.2, -0.15) is 5.10 Å². The van der Waals surface area contributed by atoms with Gasteiger partial charge < -0.3 is 76.8 Å². The fourth-order valence-electron chi connectivity index (χ4n) is 13.4. The molecule has 0 saturated carbocycles. The van der Waals surface area contributed by atoms with E-state index in [-0.39, 0.29) is 64.5 Å². The van der Waals surface area contributed by atoms with Gasteiger partial charge in [-0.15, -0.1) is 15.3 Å². The number of rotatable bonds is 10. The van der Waals surface area contributed by atoms with Crippen molar-refractivity contribution < 1.29 is 9.18 Å². The lowest BCUT2D eigenvalue weighted by molar-refractivity contribution is 0.0996. The van der Waals surface area contributed by atoms with Crippen molar-refractivity contribution in [3.05, 3.63) is 177 Å². The molecule has 134 heavy (non-hydrogen) atoms. The molecule has 1 aliphatic rings. The van der Waals surface area contributed by atoms with Crippen LogP contribution in [0.2, 0.25) is 0 Å². The number of aliphatic imine (C=N–C) groups is 1. The van der Waals surface area contributed by atoms with E-state index in [0.29, 0.717) is 155 Å². The van der Waals surface area contributed by atoms with E-state index in [1.54, 1.807) is 124 Å². The van der Waals surface area contributed by atoms with Crippen LogP contribution >= 0.6 is 0 Å². The number of carbonyl (C=O) groups excluding carboxylic acids is 1. The largest absolute Gasteiger partial charge is 0.398 e. The molecule has 19 aromatic heterocycles. The molecule has 20 heterocycles. The SMILES string of the molecule is CC(C)c1cnc2c(N)ccnn12.CC(C)n1cc(F)c2c(N)ccnc21.CC(C)n1ccc2c(N)ncnc21.CC(C)n1cnc2c(N)ccnc21.CC(C)n1cnc2c1N=CCC2=O.CC(C)n1nnc2c(N)ccnc21.CC(C)n1nnc2c(N)ncnc21.Cc1nc2c(ncn2C(C)C)c(=O)[nH]1.Cc1nc2c(ncn2C(C)C)c(=O)[nH]1.Cc1nc2c(nnn2C(C)C)c(=O)[nH]1. The van der Waals surface area contributed by atoms with Crippen molar-refractivity contribution in [3.63, 3.8) is 0 Å². The number of hydrogen-bond acceptors (Lipinski definition) is 33. The van der Waals surface area contributed by atoms with E-state index in [1.807, 2.05) is 134 Å². The number of imidazole rings is 5. The van der Waals surface area contributed by atoms with E-state index in [9.17, 15) is 23.6 Å². The van der Waals surface area contributed by atoms with Crippen molar-refractivity contribution in [2.24, 2.45) is 4.99 Å². The first-order chi connectivity index (χ1) is 63.6. The van der Waals surface area contributed by atoms with Crippen LogP contribution in [0.5, 0.6) is 0 Å². The molecule has 0 radical (unpaired) electrons. The number of fused-ring (bicyclic) bond motifs is 10. The summed E-state index contributed by atoms with van der Waals surface area (Å²) >= 11 is 0. The zero-order valence-corrected chi connectivity index (χ0v) is 79.2. The predicted molar refractivity (Wildman–Crippen MR) is 516 cm³/mol. The Morgan fingerprint density at radius 2 is 0.806 bits per heavy atom. The normalized spacial score (nSPS) is 11.7. The second-order valence-electron chi connectivity index (χ2n) is 33.8. The topological polar surface area (TPSA) is 616 Å². The molecule has 19 aromatic rings. The van der Waals surface area contributed by atoms with Gasteiger partial charge in [-0.1, -0.05) is 29.5 Å². The molecule has 0 fully saturated rings. The number of pyridine rings is 3. The van der Waals surface area contributed by atoms with E-state index in [2.05, 4.69) is 177 Å². The summed E-state index contributed by atoms with van der Waals surface area (Å²) in [5, 5.41) is 29.0. The van der Waals surface area contributed by atoms with Crippen LogP contribution in [-0.4, -0.2) is 184 Å². The van der Waals surface area contributed by atoms with Gasteiger partial charge in [-0.25, -0.2) is 103 Å². The molecule has 0 atom stereocenters. The van der Waals surface area contributed by atoms with Crippen molar-refractivity contribution in [1.29, 1.82) is 0 Å². The maximum Gasteiger partial charge on any atom is 0.281 e. The summed E-state index contributed by atoms with van der Waals surface area (Å²) in [5.41, 5.74) is 47.2. The van der Waals surface area contributed by atoms with Crippen LogP contribution in [0, 0.1) is 26.6 Å². The quantitative estimate of drug-likeness (QED) is 0.0614. The molecule has 47 heteroatoms. The van der Waals surface area contributed by atoms with Crippen molar-refractivity contribution in [1.82, 2.24) is 172 Å². The van der Waals surface area contributed by atoms with Crippen LogP contribution < -0.4 is 51.1 Å². The number of anilines is 6. The summed E-state index contributed by atoms with van der Waals surface area (Å²) in [5.74, 6) is 3.59. The number of halogens is 1. The predicted octanol–water partition coefficient (Wildman–Crippen LogP) is 12.5. The Morgan fingerprint density at radius 1 is 0.373 bits per heavy atom. The van der Waals surface area contributed by atoms with Gasteiger partial charge in [-0.3, -0.25) is 19.2 Å². The Morgan fingerprint density at radius 3 is 1.34 bits per heavy atom. The fraction of sp³-hybridized carbons (Fsp3) is 0.391. The smallest absolute Gasteiger partial charge is 0.281 e. The maximum absolute atomic E-state index is 13.5. The lowest BCUT2D eigenvalue weighted by Gasteiger charge is -2.10. The molecule has 15 N–H and O–H groups in total. The van der Waals surface area contributed by atoms with Gasteiger partial charge >= 0.3 is 0 Å². The summed E-state index contributed by atoms with van der Waals surface area (Å²) < 4.78 is 31.9. The number of H-pyrrole nitrogens is 3. The first-order valence-corrected chi connectivity index (χ1v) is 43.3.